The third kappa shape index (κ3) is 2.15. The van der Waals surface area contributed by atoms with Gasteiger partial charge in [-0.15, -0.1) is 0 Å². The van der Waals surface area contributed by atoms with Crippen molar-refractivity contribution in [2.45, 2.75) is 25.7 Å². The monoisotopic (exact) mass is 281 g/mol. The zero-order valence-corrected chi connectivity index (χ0v) is 12.6. The van der Waals surface area contributed by atoms with Crippen LogP contribution >= 0.6 is 0 Å². The summed E-state index contributed by atoms with van der Waals surface area (Å²) in [6, 6.07) is 6.18. The van der Waals surface area contributed by atoms with Crippen molar-refractivity contribution < 1.29 is 0 Å². The Labute approximate surface area is 126 Å². The van der Waals surface area contributed by atoms with Crippen molar-refractivity contribution >= 4 is 22.1 Å². The molecule has 3 nitrogen and oxygen atoms in total. The molecule has 0 radical (unpaired) electrons. The first kappa shape index (κ1) is 12.9. The molecule has 2 aromatic rings. The van der Waals surface area contributed by atoms with Gasteiger partial charge in [0.1, 0.15) is 0 Å². The number of anilines is 2. The lowest BCUT2D eigenvalue weighted by Gasteiger charge is -2.29. The Morgan fingerprint density at radius 3 is 2.86 bits per heavy atom. The second-order valence-electron chi connectivity index (χ2n) is 6.91. The van der Waals surface area contributed by atoms with Gasteiger partial charge in [-0.2, -0.15) is 0 Å². The van der Waals surface area contributed by atoms with Crippen molar-refractivity contribution in [2.24, 2.45) is 17.8 Å². The van der Waals surface area contributed by atoms with Gasteiger partial charge in [-0.05, 0) is 55.2 Å². The quantitative estimate of drug-likeness (QED) is 0.872. The SMILES string of the molecule is CN(CC1CC2CCC1C2)c1ccc(N)c2ccncc12. The van der Waals surface area contributed by atoms with E-state index in [4.69, 9.17) is 5.73 Å². The van der Waals surface area contributed by atoms with Gasteiger partial charge < -0.3 is 10.6 Å². The minimum absolute atomic E-state index is 0.837. The number of aromatic nitrogens is 1. The number of rotatable bonds is 3. The molecule has 2 aliphatic rings. The predicted octanol–water partition coefficient (Wildman–Crippen LogP) is 3.69. The smallest absolute Gasteiger partial charge is 0.0460 e. The second-order valence-corrected chi connectivity index (χ2v) is 6.91. The summed E-state index contributed by atoms with van der Waals surface area (Å²) in [6.07, 6.45) is 9.59. The van der Waals surface area contributed by atoms with E-state index in [1.54, 1.807) is 0 Å². The summed E-state index contributed by atoms with van der Waals surface area (Å²) in [6.45, 7) is 1.16. The Bertz CT molecular complexity index is 667. The standard InChI is InChI=1S/C18H23N3/c1-21(11-14-9-12-2-3-13(14)8-12)18-5-4-17(19)15-6-7-20-10-16(15)18/h4-7,10,12-14H,2-3,8-9,11,19H2,1H3. The molecule has 0 aliphatic heterocycles. The summed E-state index contributed by atoms with van der Waals surface area (Å²) in [5.74, 6) is 2.85. The van der Waals surface area contributed by atoms with Gasteiger partial charge in [0.2, 0.25) is 0 Å². The Morgan fingerprint density at radius 1 is 1.19 bits per heavy atom. The van der Waals surface area contributed by atoms with Crippen LogP contribution in [-0.2, 0) is 0 Å². The van der Waals surface area contributed by atoms with E-state index in [0.29, 0.717) is 0 Å². The lowest BCUT2D eigenvalue weighted by atomic mass is 9.88. The van der Waals surface area contributed by atoms with Crippen molar-refractivity contribution in [3.8, 4) is 0 Å². The van der Waals surface area contributed by atoms with Crippen molar-refractivity contribution in [3.05, 3.63) is 30.6 Å². The molecule has 3 heteroatoms. The maximum Gasteiger partial charge on any atom is 0.0460 e. The molecular weight excluding hydrogens is 258 g/mol. The van der Waals surface area contributed by atoms with E-state index < -0.39 is 0 Å². The molecule has 110 valence electrons. The Kier molecular flexibility index (Phi) is 3.02. The summed E-state index contributed by atoms with van der Waals surface area (Å²) in [4.78, 5) is 6.70. The number of pyridine rings is 1. The van der Waals surface area contributed by atoms with Crippen LogP contribution in [0.2, 0.25) is 0 Å². The molecule has 1 aromatic heterocycles. The number of hydrogen-bond donors (Lipinski definition) is 1. The van der Waals surface area contributed by atoms with Crippen LogP contribution in [0.15, 0.2) is 30.6 Å². The molecule has 2 aliphatic carbocycles. The highest BCUT2D eigenvalue weighted by molar-refractivity contribution is 6.00. The Hall–Kier alpha value is -1.77. The molecule has 2 N–H and O–H groups in total. The van der Waals surface area contributed by atoms with E-state index in [1.807, 2.05) is 24.5 Å². The van der Waals surface area contributed by atoms with Gasteiger partial charge in [-0.25, -0.2) is 0 Å². The number of nitrogens with zero attached hydrogens (tertiary/aromatic N) is 2. The number of hydrogen-bond acceptors (Lipinski definition) is 3. The lowest BCUT2D eigenvalue weighted by molar-refractivity contribution is 0.337. The zero-order valence-electron chi connectivity index (χ0n) is 12.6. The lowest BCUT2D eigenvalue weighted by Crippen LogP contribution is -2.28. The molecule has 0 saturated heterocycles. The molecule has 0 amide bonds. The zero-order chi connectivity index (χ0) is 14.4. The van der Waals surface area contributed by atoms with Crippen molar-refractivity contribution in [3.63, 3.8) is 0 Å². The third-order valence-corrected chi connectivity index (χ3v) is 5.63. The van der Waals surface area contributed by atoms with Gasteiger partial charge in [0, 0.05) is 48.1 Å². The first-order valence-corrected chi connectivity index (χ1v) is 8.05. The van der Waals surface area contributed by atoms with Crippen LogP contribution in [0.5, 0.6) is 0 Å². The third-order valence-electron chi connectivity index (χ3n) is 5.63. The van der Waals surface area contributed by atoms with Crippen LogP contribution in [0.1, 0.15) is 25.7 Å². The minimum Gasteiger partial charge on any atom is -0.398 e. The molecule has 0 spiro atoms. The topological polar surface area (TPSA) is 42.1 Å². The molecule has 2 saturated carbocycles. The summed E-state index contributed by atoms with van der Waals surface area (Å²) in [5, 5.41) is 2.28. The van der Waals surface area contributed by atoms with Crippen molar-refractivity contribution in [2.75, 3.05) is 24.2 Å². The average molecular weight is 281 g/mol. The number of fused-ring (bicyclic) bond motifs is 3. The fourth-order valence-electron chi connectivity index (χ4n) is 4.58. The van der Waals surface area contributed by atoms with E-state index in [2.05, 4.69) is 23.0 Å². The van der Waals surface area contributed by atoms with Gasteiger partial charge in [0.25, 0.3) is 0 Å². The molecule has 2 bridgehead atoms. The van der Waals surface area contributed by atoms with Gasteiger partial charge in [0.05, 0.1) is 0 Å². The van der Waals surface area contributed by atoms with Crippen LogP contribution in [0, 0.1) is 17.8 Å². The molecule has 21 heavy (non-hydrogen) atoms. The summed E-state index contributed by atoms with van der Waals surface area (Å²) in [7, 11) is 2.21. The first-order valence-electron chi connectivity index (χ1n) is 8.05. The van der Waals surface area contributed by atoms with E-state index >= 15 is 0 Å². The molecule has 3 atom stereocenters. The van der Waals surface area contributed by atoms with Crippen LogP contribution in [0.3, 0.4) is 0 Å². The molecule has 4 rings (SSSR count). The first-order chi connectivity index (χ1) is 10.2. The fourth-order valence-corrected chi connectivity index (χ4v) is 4.58. The maximum absolute atomic E-state index is 6.09. The van der Waals surface area contributed by atoms with Crippen LogP contribution < -0.4 is 10.6 Å². The molecule has 1 heterocycles. The molecular formula is C18H23N3. The van der Waals surface area contributed by atoms with Gasteiger partial charge in [-0.1, -0.05) is 6.42 Å². The average Bonchev–Trinajstić information content (AvgIpc) is 3.10. The van der Waals surface area contributed by atoms with E-state index in [0.717, 1.165) is 35.4 Å². The number of nitrogens with two attached hydrogens (primary N) is 1. The minimum atomic E-state index is 0.837. The Morgan fingerprint density at radius 2 is 2.10 bits per heavy atom. The highest BCUT2D eigenvalue weighted by Crippen LogP contribution is 2.48. The van der Waals surface area contributed by atoms with E-state index in [9.17, 15) is 0 Å². The molecule has 1 aromatic carbocycles. The van der Waals surface area contributed by atoms with E-state index in [1.165, 1.54) is 36.8 Å². The Balaban J connectivity index is 1.62. The largest absolute Gasteiger partial charge is 0.398 e. The normalized spacial score (nSPS) is 27.4. The maximum atomic E-state index is 6.09. The van der Waals surface area contributed by atoms with Crippen LogP contribution in [-0.4, -0.2) is 18.6 Å². The van der Waals surface area contributed by atoms with Gasteiger partial charge in [-0.3, -0.25) is 4.98 Å². The molecule has 3 unspecified atom stereocenters. The second kappa shape index (κ2) is 4.90. The van der Waals surface area contributed by atoms with Crippen LogP contribution in [0.25, 0.3) is 10.8 Å². The highest BCUT2D eigenvalue weighted by atomic mass is 15.1. The van der Waals surface area contributed by atoms with Crippen LogP contribution in [0.4, 0.5) is 11.4 Å². The summed E-state index contributed by atoms with van der Waals surface area (Å²) in [5.41, 5.74) is 8.19. The summed E-state index contributed by atoms with van der Waals surface area (Å²) >= 11 is 0. The summed E-state index contributed by atoms with van der Waals surface area (Å²) < 4.78 is 0. The van der Waals surface area contributed by atoms with Gasteiger partial charge in [0.15, 0.2) is 0 Å². The highest BCUT2D eigenvalue weighted by Gasteiger charge is 2.39. The van der Waals surface area contributed by atoms with E-state index in [-0.39, 0.29) is 0 Å². The van der Waals surface area contributed by atoms with Gasteiger partial charge >= 0.3 is 0 Å². The van der Waals surface area contributed by atoms with Crippen molar-refractivity contribution in [1.29, 1.82) is 0 Å². The number of nitrogen functional groups attached to an aromatic ring is 1. The van der Waals surface area contributed by atoms with Crippen molar-refractivity contribution in [1.82, 2.24) is 4.98 Å². The predicted molar refractivity (Wildman–Crippen MR) is 88.4 cm³/mol. The fraction of sp³-hybridized carbons (Fsp3) is 0.500. The number of benzene rings is 1. The molecule has 2 fully saturated rings.